The predicted molar refractivity (Wildman–Crippen MR) is 125 cm³/mol. The number of anilines is 1. The third-order valence-corrected chi connectivity index (χ3v) is 6.78. The molecule has 0 spiro atoms. The molecule has 0 saturated heterocycles. The maximum atomic E-state index is 12.5. The van der Waals surface area contributed by atoms with Crippen LogP contribution < -0.4 is 5.32 Å². The zero-order chi connectivity index (χ0) is 20.1. The summed E-state index contributed by atoms with van der Waals surface area (Å²) in [6.45, 7) is 0. The van der Waals surface area contributed by atoms with E-state index in [1.807, 2.05) is 66.7 Å². The van der Waals surface area contributed by atoms with Crippen molar-refractivity contribution in [3.05, 3.63) is 77.8 Å². The predicted octanol–water partition coefficient (Wildman–Crippen LogP) is 7.13. The Bertz CT molecular complexity index is 1090. The fourth-order valence-corrected chi connectivity index (χ4v) is 4.92. The van der Waals surface area contributed by atoms with E-state index in [1.54, 1.807) is 23.1 Å². The highest BCUT2D eigenvalue weighted by molar-refractivity contribution is 7.99. The number of aromatic nitrogens is 1. The lowest BCUT2D eigenvalue weighted by atomic mass is 10.1. The number of nitrogens with one attached hydrogen (secondary N) is 1. The van der Waals surface area contributed by atoms with Gasteiger partial charge in [0.25, 0.3) is 0 Å². The first-order valence-corrected chi connectivity index (χ1v) is 11.5. The molecule has 0 bridgehead atoms. The van der Waals surface area contributed by atoms with E-state index < -0.39 is 0 Å². The number of para-hydroxylation sites is 2. The third kappa shape index (κ3) is 5.18. The molecular formula is C23H19ClN2OS2. The van der Waals surface area contributed by atoms with Crippen molar-refractivity contribution in [2.45, 2.75) is 17.7 Å². The van der Waals surface area contributed by atoms with Crippen LogP contribution in [0.5, 0.6) is 0 Å². The zero-order valence-corrected chi connectivity index (χ0v) is 18.0. The maximum absolute atomic E-state index is 12.5. The molecule has 3 aromatic carbocycles. The van der Waals surface area contributed by atoms with E-state index in [4.69, 9.17) is 16.6 Å². The van der Waals surface area contributed by atoms with Gasteiger partial charge in [-0.2, -0.15) is 0 Å². The van der Waals surface area contributed by atoms with Gasteiger partial charge in [0.05, 0.1) is 15.9 Å². The van der Waals surface area contributed by atoms with Gasteiger partial charge in [0, 0.05) is 21.9 Å². The summed E-state index contributed by atoms with van der Waals surface area (Å²) in [7, 11) is 0. The number of carbonyl (C=O) groups excluding carboxylic acids is 1. The van der Waals surface area contributed by atoms with Gasteiger partial charge in [-0.15, -0.1) is 23.1 Å². The Labute approximate surface area is 183 Å². The second kappa shape index (κ2) is 9.44. The van der Waals surface area contributed by atoms with Crippen LogP contribution in [0.15, 0.2) is 77.7 Å². The van der Waals surface area contributed by atoms with Crippen LogP contribution in [0.25, 0.3) is 20.8 Å². The molecule has 0 fully saturated rings. The van der Waals surface area contributed by atoms with E-state index in [0.29, 0.717) is 6.42 Å². The molecule has 29 heavy (non-hydrogen) atoms. The molecular weight excluding hydrogens is 420 g/mol. The lowest BCUT2D eigenvalue weighted by Gasteiger charge is -2.09. The van der Waals surface area contributed by atoms with E-state index in [-0.39, 0.29) is 5.91 Å². The van der Waals surface area contributed by atoms with Crippen LogP contribution in [0.4, 0.5) is 5.69 Å². The number of nitrogens with zero attached hydrogens (tertiary/aromatic N) is 1. The van der Waals surface area contributed by atoms with Crippen molar-refractivity contribution in [3.8, 4) is 10.6 Å². The van der Waals surface area contributed by atoms with E-state index in [1.165, 1.54) is 0 Å². The Balaban J connectivity index is 1.36. The van der Waals surface area contributed by atoms with Gasteiger partial charge in [0.2, 0.25) is 5.91 Å². The van der Waals surface area contributed by atoms with Gasteiger partial charge in [-0.05, 0) is 60.7 Å². The van der Waals surface area contributed by atoms with E-state index in [0.717, 1.165) is 48.6 Å². The first-order valence-electron chi connectivity index (χ1n) is 9.32. The number of carbonyl (C=O) groups is 1. The number of benzene rings is 3. The number of thioether (sulfide) groups is 1. The van der Waals surface area contributed by atoms with Crippen LogP contribution in [0.1, 0.15) is 12.8 Å². The number of hydrogen-bond donors (Lipinski definition) is 1. The van der Waals surface area contributed by atoms with Gasteiger partial charge in [-0.3, -0.25) is 4.79 Å². The summed E-state index contributed by atoms with van der Waals surface area (Å²) < 4.78 is 1.14. The number of fused-ring (bicyclic) bond motifs is 1. The maximum Gasteiger partial charge on any atom is 0.224 e. The largest absolute Gasteiger partial charge is 0.325 e. The second-order valence-electron chi connectivity index (χ2n) is 6.49. The van der Waals surface area contributed by atoms with Crippen molar-refractivity contribution in [2.24, 2.45) is 0 Å². The molecule has 1 amide bonds. The van der Waals surface area contributed by atoms with E-state index >= 15 is 0 Å². The second-order valence-corrected chi connectivity index (χ2v) is 9.12. The van der Waals surface area contributed by atoms with Crippen molar-refractivity contribution in [2.75, 3.05) is 11.1 Å². The highest BCUT2D eigenvalue weighted by Crippen LogP contribution is 2.34. The summed E-state index contributed by atoms with van der Waals surface area (Å²) in [6, 6.07) is 23.7. The van der Waals surface area contributed by atoms with Crippen molar-refractivity contribution < 1.29 is 4.79 Å². The lowest BCUT2D eigenvalue weighted by molar-refractivity contribution is -0.116. The molecule has 0 aliphatic carbocycles. The average Bonchev–Trinajstić information content (AvgIpc) is 3.17. The summed E-state index contributed by atoms with van der Waals surface area (Å²) in [5.41, 5.74) is 2.74. The molecule has 0 radical (unpaired) electrons. The van der Waals surface area contributed by atoms with Gasteiger partial charge < -0.3 is 5.32 Å². The topological polar surface area (TPSA) is 42.0 Å². The number of rotatable bonds is 7. The van der Waals surface area contributed by atoms with Crippen LogP contribution in [0.3, 0.4) is 0 Å². The fourth-order valence-electron chi connectivity index (χ4n) is 2.93. The molecule has 146 valence electrons. The summed E-state index contributed by atoms with van der Waals surface area (Å²) in [4.78, 5) is 18.4. The minimum absolute atomic E-state index is 0.0234. The van der Waals surface area contributed by atoms with Crippen LogP contribution in [-0.2, 0) is 4.79 Å². The van der Waals surface area contributed by atoms with Crippen LogP contribution in [-0.4, -0.2) is 16.6 Å². The van der Waals surface area contributed by atoms with Crippen LogP contribution >= 0.6 is 34.7 Å². The Kier molecular flexibility index (Phi) is 6.49. The van der Waals surface area contributed by atoms with Gasteiger partial charge in [-0.1, -0.05) is 35.9 Å². The van der Waals surface area contributed by atoms with Gasteiger partial charge in [0.15, 0.2) is 0 Å². The Morgan fingerprint density at radius 2 is 1.76 bits per heavy atom. The van der Waals surface area contributed by atoms with Crippen molar-refractivity contribution in [3.63, 3.8) is 0 Å². The normalized spacial score (nSPS) is 10.9. The standard InChI is InChI=1S/C23H19ClN2OS2/c24-16-11-13-17(14-12-16)28-15-5-10-22(27)25-19-7-2-1-6-18(19)23-26-20-8-3-4-9-21(20)29-23/h1-4,6-9,11-14H,5,10,15H2,(H,25,27). The number of amides is 1. The zero-order valence-electron chi connectivity index (χ0n) is 15.6. The smallest absolute Gasteiger partial charge is 0.224 e. The first kappa shape index (κ1) is 20.0. The molecule has 0 saturated carbocycles. The SMILES string of the molecule is O=C(CCCSc1ccc(Cl)cc1)Nc1ccccc1-c1nc2ccccc2s1. The quantitative estimate of drug-likeness (QED) is 0.246. The minimum atomic E-state index is 0.0234. The molecule has 0 aliphatic heterocycles. The fraction of sp³-hybridized carbons (Fsp3) is 0.130. The first-order chi connectivity index (χ1) is 14.2. The van der Waals surface area contributed by atoms with Gasteiger partial charge in [0.1, 0.15) is 5.01 Å². The number of halogens is 1. The molecule has 4 rings (SSSR count). The van der Waals surface area contributed by atoms with Crippen LogP contribution in [0, 0.1) is 0 Å². The van der Waals surface area contributed by atoms with E-state index in [9.17, 15) is 4.79 Å². The highest BCUT2D eigenvalue weighted by Gasteiger charge is 2.12. The molecule has 4 aromatic rings. The minimum Gasteiger partial charge on any atom is -0.325 e. The average molecular weight is 439 g/mol. The Morgan fingerprint density at radius 3 is 2.59 bits per heavy atom. The summed E-state index contributed by atoms with van der Waals surface area (Å²) >= 11 is 9.28. The van der Waals surface area contributed by atoms with Crippen LogP contribution in [0.2, 0.25) is 5.02 Å². The summed E-state index contributed by atoms with van der Waals surface area (Å²) in [5, 5.41) is 4.71. The highest BCUT2D eigenvalue weighted by atomic mass is 35.5. The molecule has 1 N–H and O–H groups in total. The lowest BCUT2D eigenvalue weighted by Crippen LogP contribution is -2.12. The van der Waals surface area contributed by atoms with Crippen molar-refractivity contribution in [1.82, 2.24) is 4.98 Å². The summed E-state index contributed by atoms with van der Waals surface area (Å²) in [5.74, 6) is 0.907. The molecule has 1 heterocycles. The Hall–Kier alpha value is -2.34. The summed E-state index contributed by atoms with van der Waals surface area (Å²) in [6.07, 6.45) is 1.29. The van der Waals surface area contributed by atoms with Gasteiger partial charge in [-0.25, -0.2) is 4.98 Å². The number of thiazole rings is 1. The van der Waals surface area contributed by atoms with Crippen molar-refractivity contribution >= 4 is 56.5 Å². The monoisotopic (exact) mass is 438 g/mol. The van der Waals surface area contributed by atoms with E-state index in [2.05, 4.69) is 11.4 Å². The van der Waals surface area contributed by atoms with Crippen molar-refractivity contribution in [1.29, 1.82) is 0 Å². The molecule has 0 atom stereocenters. The number of hydrogen-bond acceptors (Lipinski definition) is 4. The molecule has 3 nitrogen and oxygen atoms in total. The van der Waals surface area contributed by atoms with Gasteiger partial charge >= 0.3 is 0 Å². The molecule has 0 unspecified atom stereocenters. The molecule has 1 aromatic heterocycles. The molecule has 6 heteroatoms. The molecule has 0 aliphatic rings. The third-order valence-electron chi connectivity index (χ3n) is 4.36. The Morgan fingerprint density at radius 1 is 1.00 bits per heavy atom.